The molecule has 0 unspecified atom stereocenters. The van der Waals surface area contributed by atoms with Gasteiger partial charge in [-0.25, -0.2) is 0 Å². The number of nitrogens with zero attached hydrogens (tertiary/aromatic N) is 2. The Morgan fingerprint density at radius 3 is 2.92 bits per heavy atom. The van der Waals surface area contributed by atoms with Gasteiger partial charge >= 0.3 is 0 Å². The fourth-order valence-corrected chi connectivity index (χ4v) is 1.30. The minimum Gasteiger partial charge on any atom is -0.389 e. The summed E-state index contributed by atoms with van der Waals surface area (Å²) < 4.78 is 0.850. The second-order valence-corrected chi connectivity index (χ2v) is 4.21. The first-order valence-electron chi connectivity index (χ1n) is 3.22. The highest BCUT2D eigenvalue weighted by Crippen LogP contribution is 2.15. The van der Waals surface area contributed by atoms with Gasteiger partial charge in [-0.2, -0.15) is 0 Å². The van der Waals surface area contributed by atoms with Gasteiger partial charge in [0.1, 0.15) is 5.01 Å². The molecule has 1 aromatic heterocycles. The molecule has 66 valence electrons. The van der Waals surface area contributed by atoms with Gasteiger partial charge in [0.05, 0.1) is 6.61 Å². The summed E-state index contributed by atoms with van der Waals surface area (Å²) in [6.45, 7) is 4.21. The normalized spacial score (nSPS) is 9.83. The molecule has 1 heterocycles. The van der Waals surface area contributed by atoms with Crippen molar-refractivity contribution in [1.82, 2.24) is 10.2 Å². The SMILES string of the molecule is C=C(Br)CNc1nnc(CO)s1. The first kappa shape index (κ1) is 9.63. The maximum absolute atomic E-state index is 8.68. The maximum Gasteiger partial charge on any atom is 0.206 e. The van der Waals surface area contributed by atoms with E-state index in [4.69, 9.17) is 5.11 Å². The van der Waals surface area contributed by atoms with Gasteiger partial charge in [-0.1, -0.05) is 33.8 Å². The third kappa shape index (κ3) is 2.88. The minimum atomic E-state index is -0.0609. The van der Waals surface area contributed by atoms with Crippen molar-refractivity contribution < 1.29 is 5.11 Å². The summed E-state index contributed by atoms with van der Waals surface area (Å²) in [6, 6.07) is 0. The van der Waals surface area contributed by atoms with Crippen LogP contribution in [0.1, 0.15) is 5.01 Å². The maximum atomic E-state index is 8.68. The standard InChI is InChI=1S/C6H8BrN3OS/c1-4(7)2-8-6-10-9-5(3-11)12-6/h11H,1-3H2,(H,8,10). The second-order valence-electron chi connectivity index (χ2n) is 2.03. The Bertz CT molecular complexity index is 276. The van der Waals surface area contributed by atoms with E-state index in [1.165, 1.54) is 11.3 Å². The van der Waals surface area contributed by atoms with E-state index in [0.29, 0.717) is 16.7 Å². The number of aromatic nitrogens is 2. The molecule has 0 amide bonds. The molecule has 0 radical (unpaired) electrons. The van der Waals surface area contributed by atoms with Crippen molar-refractivity contribution in [1.29, 1.82) is 0 Å². The van der Waals surface area contributed by atoms with E-state index >= 15 is 0 Å². The van der Waals surface area contributed by atoms with Crippen molar-refractivity contribution in [3.63, 3.8) is 0 Å². The highest BCUT2D eigenvalue weighted by molar-refractivity contribution is 9.11. The number of halogens is 1. The van der Waals surface area contributed by atoms with Crippen LogP contribution in [0.4, 0.5) is 5.13 Å². The number of aliphatic hydroxyl groups excluding tert-OH is 1. The second kappa shape index (κ2) is 4.54. The Hall–Kier alpha value is -0.460. The first-order chi connectivity index (χ1) is 5.72. The highest BCUT2D eigenvalue weighted by Gasteiger charge is 2.01. The molecule has 0 aliphatic rings. The summed E-state index contributed by atoms with van der Waals surface area (Å²) >= 11 is 4.54. The fraction of sp³-hybridized carbons (Fsp3) is 0.333. The molecule has 0 bridgehead atoms. The lowest BCUT2D eigenvalue weighted by Gasteiger charge is -1.96. The summed E-state index contributed by atoms with van der Waals surface area (Å²) in [5.74, 6) is 0. The lowest BCUT2D eigenvalue weighted by molar-refractivity contribution is 0.280. The predicted molar refractivity (Wildman–Crippen MR) is 52.4 cm³/mol. The molecule has 6 heteroatoms. The first-order valence-corrected chi connectivity index (χ1v) is 4.83. The van der Waals surface area contributed by atoms with Crippen molar-refractivity contribution in [2.75, 3.05) is 11.9 Å². The van der Waals surface area contributed by atoms with Crippen LogP contribution in [-0.2, 0) is 6.61 Å². The lowest BCUT2D eigenvalue weighted by atomic mass is 10.6. The predicted octanol–water partition coefficient (Wildman–Crippen LogP) is 1.35. The third-order valence-corrected chi connectivity index (χ3v) is 2.18. The molecule has 0 fully saturated rings. The van der Waals surface area contributed by atoms with E-state index in [2.05, 4.69) is 38.0 Å². The molecule has 0 aromatic carbocycles. The summed E-state index contributed by atoms with van der Waals surface area (Å²) in [5.41, 5.74) is 0. The molecule has 2 N–H and O–H groups in total. The largest absolute Gasteiger partial charge is 0.389 e. The van der Waals surface area contributed by atoms with Crippen LogP contribution >= 0.6 is 27.3 Å². The smallest absolute Gasteiger partial charge is 0.206 e. The van der Waals surface area contributed by atoms with Gasteiger partial charge in [-0.05, 0) is 0 Å². The molecule has 1 rings (SSSR count). The average molecular weight is 250 g/mol. The molecule has 0 aliphatic heterocycles. The van der Waals surface area contributed by atoms with Crippen LogP contribution in [0, 0.1) is 0 Å². The van der Waals surface area contributed by atoms with Crippen molar-refractivity contribution in [2.24, 2.45) is 0 Å². The van der Waals surface area contributed by atoms with Gasteiger partial charge in [-0.3, -0.25) is 0 Å². The van der Waals surface area contributed by atoms with Crippen LogP contribution in [0.15, 0.2) is 11.1 Å². The number of hydrogen-bond donors (Lipinski definition) is 2. The van der Waals surface area contributed by atoms with Gasteiger partial charge < -0.3 is 10.4 Å². The summed E-state index contributed by atoms with van der Waals surface area (Å²) in [5, 5.41) is 20.5. The Labute approximate surface area is 82.5 Å². The zero-order valence-electron chi connectivity index (χ0n) is 6.25. The van der Waals surface area contributed by atoms with Gasteiger partial charge in [0.15, 0.2) is 0 Å². The van der Waals surface area contributed by atoms with E-state index in [0.717, 1.165) is 4.48 Å². The number of anilines is 1. The molecule has 0 atom stereocenters. The van der Waals surface area contributed by atoms with Crippen molar-refractivity contribution in [3.05, 3.63) is 16.1 Å². The van der Waals surface area contributed by atoms with E-state index in [-0.39, 0.29) is 6.61 Å². The number of hydrogen-bond acceptors (Lipinski definition) is 5. The zero-order chi connectivity index (χ0) is 8.97. The Morgan fingerprint density at radius 2 is 2.42 bits per heavy atom. The Kier molecular flexibility index (Phi) is 3.64. The number of aliphatic hydroxyl groups is 1. The fourth-order valence-electron chi connectivity index (χ4n) is 0.560. The molecular formula is C6H8BrN3OS. The topological polar surface area (TPSA) is 58.0 Å². The van der Waals surface area contributed by atoms with Gasteiger partial charge in [0, 0.05) is 11.0 Å². The molecule has 0 saturated carbocycles. The highest BCUT2D eigenvalue weighted by atomic mass is 79.9. The van der Waals surface area contributed by atoms with Crippen LogP contribution in [0.2, 0.25) is 0 Å². The van der Waals surface area contributed by atoms with Crippen LogP contribution in [0.25, 0.3) is 0 Å². The molecular weight excluding hydrogens is 242 g/mol. The van der Waals surface area contributed by atoms with Crippen LogP contribution in [0.3, 0.4) is 0 Å². The quantitative estimate of drug-likeness (QED) is 0.846. The van der Waals surface area contributed by atoms with E-state index in [9.17, 15) is 0 Å². The van der Waals surface area contributed by atoms with E-state index in [1.54, 1.807) is 0 Å². The Morgan fingerprint density at radius 1 is 1.67 bits per heavy atom. The van der Waals surface area contributed by atoms with Gasteiger partial charge in [0.25, 0.3) is 0 Å². The van der Waals surface area contributed by atoms with Crippen molar-refractivity contribution in [2.45, 2.75) is 6.61 Å². The van der Waals surface area contributed by atoms with Gasteiger partial charge in [-0.15, -0.1) is 10.2 Å². The third-order valence-electron chi connectivity index (χ3n) is 1.03. The van der Waals surface area contributed by atoms with Crippen molar-refractivity contribution in [3.8, 4) is 0 Å². The van der Waals surface area contributed by atoms with Gasteiger partial charge in [0.2, 0.25) is 5.13 Å². The summed E-state index contributed by atoms with van der Waals surface area (Å²) in [6.07, 6.45) is 0. The summed E-state index contributed by atoms with van der Waals surface area (Å²) in [7, 11) is 0. The van der Waals surface area contributed by atoms with Crippen LogP contribution in [0.5, 0.6) is 0 Å². The van der Waals surface area contributed by atoms with Crippen LogP contribution < -0.4 is 5.32 Å². The monoisotopic (exact) mass is 249 g/mol. The molecule has 0 spiro atoms. The molecule has 0 aliphatic carbocycles. The molecule has 4 nitrogen and oxygen atoms in total. The molecule has 1 aromatic rings. The van der Waals surface area contributed by atoms with Crippen molar-refractivity contribution >= 4 is 32.4 Å². The molecule has 0 saturated heterocycles. The van der Waals surface area contributed by atoms with Crippen LogP contribution in [-0.4, -0.2) is 21.8 Å². The minimum absolute atomic E-state index is 0.0609. The molecule has 12 heavy (non-hydrogen) atoms. The lowest BCUT2D eigenvalue weighted by Crippen LogP contribution is -1.99. The number of rotatable bonds is 4. The average Bonchev–Trinajstić information content (AvgIpc) is 2.48. The summed E-state index contributed by atoms with van der Waals surface area (Å²) in [4.78, 5) is 0. The zero-order valence-corrected chi connectivity index (χ0v) is 8.65. The van der Waals surface area contributed by atoms with E-state index in [1.807, 2.05) is 0 Å². The number of nitrogens with one attached hydrogen (secondary N) is 1. The van der Waals surface area contributed by atoms with E-state index < -0.39 is 0 Å². The Balaban J connectivity index is 2.47.